The van der Waals surface area contributed by atoms with Gasteiger partial charge < -0.3 is 35.2 Å². The zero-order valence-corrected chi connectivity index (χ0v) is 25.0. The van der Waals surface area contributed by atoms with Gasteiger partial charge in [-0.25, -0.2) is 19.2 Å². The van der Waals surface area contributed by atoms with Gasteiger partial charge in [-0.05, 0) is 42.8 Å². The Kier molecular flexibility index (Phi) is 8.50. The molecule has 2 aliphatic heterocycles. The van der Waals surface area contributed by atoms with Gasteiger partial charge in [0, 0.05) is 75.0 Å². The Balaban J connectivity index is 1.13. The molecular formula is C31H34F2N8O4. The van der Waals surface area contributed by atoms with Gasteiger partial charge in [0.05, 0.1) is 31.7 Å². The number of amides is 3. The van der Waals surface area contributed by atoms with E-state index in [2.05, 4.69) is 15.3 Å². The van der Waals surface area contributed by atoms with E-state index in [0.717, 1.165) is 5.56 Å². The maximum absolute atomic E-state index is 14.8. The van der Waals surface area contributed by atoms with E-state index in [0.29, 0.717) is 80.8 Å². The number of morpholine rings is 1. The molecular weight excluding hydrogens is 586 g/mol. The second-order valence-corrected chi connectivity index (χ2v) is 10.9. The second-order valence-electron chi connectivity index (χ2n) is 10.9. The van der Waals surface area contributed by atoms with Crippen LogP contribution >= 0.6 is 0 Å². The van der Waals surface area contributed by atoms with Crippen LogP contribution in [0.5, 0.6) is 5.75 Å². The van der Waals surface area contributed by atoms with Crippen LogP contribution in [0.25, 0.3) is 16.9 Å². The number of imidazole rings is 1. The van der Waals surface area contributed by atoms with Crippen LogP contribution in [0.1, 0.15) is 15.9 Å². The third kappa shape index (κ3) is 5.85. The number of benzene rings is 2. The predicted octanol–water partition coefficient (Wildman–Crippen LogP) is 3.27. The van der Waals surface area contributed by atoms with Crippen molar-refractivity contribution in [2.75, 3.05) is 64.8 Å². The van der Waals surface area contributed by atoms with Crippen LogP contribution in [0, 0.1) is 18.6 Å². The van der Waals surface area contributed by atoms with Crippen LogP contribution in [-0.2, 0) is 4.74 Å². The van der Waals surface area contributed by atoms with Crippen LogP contribution in [-0.4, -0.2) is 107 Å². The lowest BCUT2D eigenvalue weighted by atomic mass is 10.1. The zero-order valence-electron chi connectivity index (χ0n) is 25.0. The number of hydrogen-bond acceptors (Lipinski definition) is 8. The van der Waals surface area contributed by atoms with Gasteiger partial charge in [0.1, 0.15) is 0 Å². The summed E-state index contributed by atoms with van der Waals surface area (Å²) in [6, 6.07) is 8.12. The van der Waals surface area contributed by atoms with Crippen molar-refractivity contribution in [1.29, 1.82) is 0 Å². The Labute approximate surface area is 258 Å². The highest BCUT2D eigenvalue weighted by Crippen LogP contribution is 2.31. The van der Waals surface area contributed by atoms with Crippen LogP contribution in [0.2, 0.25) is 0 Å². The number of urea groups is 1. The normalized spacial score (nSPS) is 17.1. The van der Waals surface area contributed by atoms with Gasteiger partial charge in [-0.1, -0.05) is 0 Å². The summed E-state index contributed by atoms with van der Waals surface area (Å²) in [5.74, 6) is -2.01. The number of aryl methyl sites for hydroxylation is 1. The third-order valence-corrected chi connectivity index (χ3v) is 8.20. The zero-order chi connectivity index (χ0) is 31.7. The van der Waals surface area contributed by atoms with Crippen molar-refractivity contribution in [3.8, 4) is 17.0 Å². The molecule has 2 fully saturated rings. The highest BCUT2D eigenvalue weighted by atomic mass is 19.2. The van der Waals surface area contributed by atoms with E-state index in [4.69, 9.17) is 15.2 Å². The molecule has 0 aliphatic carbocycles. The van der Waals surface area contributed by atoms with Gasteiger partial charge in [0.2, 0.25) is 5.82 Å². The number of piperazine rings is 1. The Morgan fingerprint density at radius 3 is 2.56 bits per heavy atom. The minimum absolute atomic E-state index is 0.0307. The number of ether oxygens (including phenoxy) is 2. The molecule has 0 bridgehead atoms. The van der Waals surface area contributed by atoms with E-state index in [-0.39, 0.29) is 29.4 Å². The molecule has 6 rings (SSSR count). The van der Waals surface area contributed by atoms with Crippen molar-refractivity contribution in [2.24, 2.45) is 5.73 Å². The smallest absolute Gasteiger partial charge is 0.320 e. The van der Waals surface area contributed by atoms with Crippen LogP contribution in [0.15, 0.2) is 48.9 Å². The molecule has 2 aromatic heterocycles. The van der Waals surface area contributed by atoms with Crippen molar-refractivity contribution >= 4 is 29.1 Å². The molecule has 45 heavy (non-hydrogen) atoms. The number of anilines is 2. The van der Waals surface area contributed by atoms with Crippen molar-refractivity contribution < 1.29 is 27.8 Å². The van der Waals surface area contributed by atoms with Crippen LogP contribution in [0.3, 0.4) is 0 Å². The van der Waals surface area contributed by atoms with Gasteiger partial charge in [-0.3, -0.25) is 9.20 Å². The summed E-state index contributed by atoms with van der Waals surface area (Å²) in [6.45, 7) is 5.45. The van der Waals surface area contributed by atoms with Gasteiger partial charge in [0.15, 0.2) is 23.0 Å². The summed E-state index contributed by atoms with van der Waals surface area (Å²) in [4.78, 5) is 40.5. The SMILES string of the molecule is COc1ccc(-c2cnc3c(Nc4ccc(C(=O)N5CCN(C(=O)N6CCO[C@H](CN)C6)CC5)c(C)c4)nccn23)c(F)c1F. The molecule has 4 heterocycles. The minimum atomic E-state index is -1.08. The summed E-state index contributed by atoms with van der Waals surface area (Å²) in [6.07, 6.45) is 4.44. The number of nitrogens with two attached hydrogens (primary N) is 1. The first-order valence-electron chi connectivity index (χ1n) is 14.7. The van der Waals surface area contributed by atoms with E-state index in [1.807, 2.05) is 13.0 Å². The van der Waals surface area contributed by atoms with E-state index >= 15 is 0 Å². The topological polar surface area (TPSA) is 131 Å². The lowest BCUT2D eigenvalue weighted by Gasteiger charge is -2.40. The molecule has 2 saturated heterocycles. The molecule has 14 heteroatoms. The number of nitrogens with zero attached hydrogens (tertiary/aromatic N) is 6. The summed E-state index contributed by atoms with van der Waals surface area (Å²) in [5, 5.41) is 3.23. The standard InChI is InChI=1S/C31H34F2N8O4/c1-19-15-20(37-28-29-36-17-24(41(29)8-7-35-28)23-5-6-25(44-2)27(33)26(23)32)3-4-22(19)30(42)38-9-11-39(12-10-38)31(43)40-13-14-45-21(16-34)18-40/h3-8,15,17,21H,9-14,16,18,34H2,1-2H3,(H,35,37)/t21-/m1/s1. The molecule has 4 aromatic rings. The Morgan fingerprint density at radius 2 is 1.82 bits per heavy atom. The second kappa shape index (κ2) is 12.7. The van der Waals surface area contributed by atoms with Crippen molar-refractivity contribution in [2.45, 2.75) is 13.0 Å². The number of carbonyl (C=O) groups is 2. The molecule has 2 aromatic carbocycles. The summed E-state index contributed by atoms with van der Waals surface area (Å²) >= 11 is 0. The number of nitrogens with one attached hydrogen (secondary N) is 1. The Morgan fingerprint density at radius 1 is 1.04 bits per heavy atom. The number of rotatable bonds is 6. The van der Waals surface area contributed by atoms with Crippen molar-refractivity contribution in [1.82, 2.24) is 29.1 Å². The fourth-order valence-corrected chi connectivity index (χ4v) is 5.72. The highest BCUT2D eigenvalue weighted by molar-refractivity contribution is 5.96. The van der Waals surface area contributed by atoms with Gasteiger partial charge in [-0.2, -0.15) is 4.39 Å². The van der Waals surface area contributed by atoms with E-state index in [9.17, 15) is 18.4 Å². The fraction of sp³-hybridized carbons (Fsp3) is 0.355. The lowest BCUT2D eigenvalue weighted by molar-refractivity contribution is -0.0157. The molecule has 0 unspecified atom stereocenters. The van der Waals surface area contributed by atoms with Crippen molar-refractivity contribution in [3.05, 3.63) is 71.7 Å². The maximum atomic E-state index is 14.8. The molecule has 0 radical (unpaired) electrons. The van der Waals surface area contributed by atoms with Gasteiger partial charge in [-0.15, -0.1) is 0 Å². The number of aromatic nitrogens is 3. The van der Waals surface area contributed by atoms with Crippen LogP contribution in [0.4, 0.5) is 25.1 Å². The highest BCUT2D eigenvalue weighted by Gasteiger charge is 2.31. The predicted molar refractivity (Wildman–Crippen MR) is 163 cm³/mol. The summed E-state index contributed by atoms with van der Waals surface area (Å²) in [7, 11) is 1.27. The Hall–Kier alpha value is -4.82. The van der Waals surface area contributed by atoms with Crippen molar-refractivity contribution in [3.63, 3.8) is 0 Å². The minimum Gasteiger partial charge on any atom is -0.494 e. The number of carbonyl (C=O) groups excluding carboxylic acids is 2. The first kappa shape index (κ1) is 30.2. The number of hydrogen-bond donors (Lipinski definition) is 2. The van der Waals surface area contributed by atoms with Crippen LogP contribution < -0.4 is 15.8 Å². The molecule has 1 atom stereocenters. The monoisotopic (exact) mass is 620 g/mol. The molecule has 0 spiro atoms. The van der Waals surface area contributed by atoms with E-state index < -0.39 is 11.6 Å². The third-order valence-electron chi connectivity index (χ3n) is 8.20. The first-order valence-corrected chi connectivity index (χ1v) is 14.7. The average molecular weight is 621 g/mol. The van der Waals surface area contributed by atoms with Gasteiger partial charge in [0.25, 0.3) is 5.91 Å². The first-order chi connectivity index (χ1) is 21.8. The number of methoxy groups -OCH3 is 1. The average Bonchev–Trinajstić information content (AvgIpc) is 3.50. The molecule has 0 saturated carbocycles. The van der Waals surface area contributed by atoms with Gasteiger partial charge >= 0.3 is 6.03 Å². The molecule has 12 nitrogen and oxygen atoms in total. The molecule has 2 aliphatic rings. The molecule has 3 N–H and O–H groups in total. The van der Waals surface area contributed by atoms with E-state index in [1.165, 1.54) is 31.6 Å². The fourth-order valence-electron chi connectivity index (χ4n) is 5.72. The number of halogens is 2. The quantitative estimate of drug-likeness (QED) is 0.336. The maximum Gasteiger partial charge on any atom is 0.320 e. The van der Waals surface area contributed by atoms with E-state index in [1.54, 1.807) is 37.4 Å². The number of fused-ring (bicyclic) bond motifs is 1. The summed E-state index contributed by atoms with van der Waals surface area (Å²) in [5.41, 5.74) is 8.49. The lowest BCUT2D eigenvalue weighted by Crippen LogP contribution is -2.57. The molecule has 236 valence electrons. The Bertz CT molecular complexity index is 1740. The summed E-state index contributed by atoms with van der Waals surface area (Å²) < 4.78 is 41.3. The molecule has 3 amide bonds. The largest absolute Gasteiger partial charge is 0.494 e.